The Kier molecular flexibility index (Phi) is 4.76. The van der Waals surface area contributed by atoms with Gasteiger partial charge in [0.25, 0.3) is 0 Å². The Bertz CT molecular complexity index is 560. The first-order valence-electron chi connectivity index (χ1n) is 6.07. The van der Waals surface area contributed by atoms with Gasteiger partial charge in [-0.1, -0.05) is 0 Å². The number of aromatic nitrogens is 1. The first kappa shape index (κ1) is 13.8. The van der Waals surface area contributed by atoms with Crippen LogP contribution < -0.4 is 15.8 Å². The number of rotatable bonds is 5. The van der Waals surface area contributed by atoms with Crippen molar-refractivity contribution >= 4 is 27.3 Å². The van der Waals surface area contributed by atoms with E-state index < -0.39 is 0 Å². The first-order chi connectivity index (χ1) is 9.24. The lowest BCUT2D eigenvalue weighted by atomic mass is 10.1. The highest BCUT2D eigenvalue weighted by atomic mass is 79.9. The van der Waals surface area contributed by atoms with E-state index in [4.69, 9.17) is 10.5 Å². The van der Waals surface area contributed by atoms with E-state index in [1.165, 1.54) is 0 Å². The van der Waals surface area contributed by atoms with Crippen molar-refractivity contribution in [3.05, 3.63) is 46.7 Å². The molecule has 2 rings (SSSR count). The molecule has 5 heteroatoms. The SMILES string of the molecule is CCOc1ccc(Nc2ccncc2Br)cc1CN. The number of hydrogen-bond donors (Lipinski definition) is 2. The fourth-order valence-electron chi connectivity index (χ4n) is 1.75. The third kappa shape index (κ3) is 3.45. The zero-order chi connectivity index (χ0) is 13.7. The highest BCUT2D eigenvalue weighted by molar-refractivity contribution is 9.10. The maximum atomic E-state index is 5.75. The van der Waals surface area contributed by atoms with E-state index in [1.807, 2.05) is 31.2 Å². The van der Waals surface area contributed by atoms with Crippen molar-refractivity contribution in [1.29, 1.82) is 0 Å². The van der Waals surface area contributed by atoms with Crippen LogP contribution in [0.1, 0.15) is 12.5 Å². The summed E-state index contributed by atoms with van der Waals surface area (Å²) in [5, 5.41) is 3.32. The van der Waals surface area contributed by atoms with Crippen LogP contribution in [0.15, 0.2) is 41.1 Å². The Morgan fingerprint density at radius 3 is 2.89 bits per heavy atom. The largest absolute Gasteiger partial charge is 0.494 e. The summed E-state index contributed by atoms with van der Waals surface area (Å²) < 4.78 is 6.44. The number of anilines is 2. The fourth-order valence-corrected chi connectivity index (χ4v) is 2.09. The van der Waals surface area contributed by atoms with Crippen LogP contribution in [0.3, 0.4) is 0 Å². The zero-order valence-corrected chi connectivity index (χ0v) is 12.3. The average molecular weight is 322 g/mol. The number of hydrogen-bond acceptors (Lipinski definition) is 4. The van der Waals surface area contributed by atoms with Crippen LogP contribution in [0.4, 0.5) is 11.4 Å². The van der Waals surface area contributed by atoms with Crippen molar-refractivity contribution in [3.63, 3.8) is 0 Å². The van der Waals surface area contributed by atoms with Crippen LogP contribution >= 0.6 is 15.9 Å². The molecule has 0 fully saturated rings. The van der Waals surface area contributed by atoms with Gasteiger partial charge in [0.05, 0.1) is 16.8 Å². The van der Waals surface area contributed by atoms with Gasteiger partial charge in [0.2, 0.25) is 0 Å². The number of nitrogens with two attached hydrogens (primary N) is 1. The molecule has 0 saturated heterocycles. The maximum Gasteiger partial charge on any atom is 0.123 e. The van der Waals surface area contributed by atoms with Crippen LogP contribution in [-0.4, -0.2) is 11.6 Å². The Balaban J connectivity index is 2.24. The summed E-state index contributed by atoms with van der Waals surface area (Å²) >= 11 is 3.45. The second-order valence-electron chi connectivity index (χ2n) is 3.94. The van der Waals surface area contributed by atoms with E-state index in [1.54, 1.807) is 12.4 Å². The Morgan fingerprint density at radius 1 is 1.37 bits per heavy atom. The molecule has 0 bridgehead atoms. The van der Waals surface area contributed by atoms with Gasteiger partial charge >= 0.3 is 0 Å². The van der Waals surface area contributed by atoms with E-state index >= 15 is 0 Å². The van der Waals surface area contributed by atoms with Crippen molar-refractivity contribution in [1.82, 2.24) is 4.98 Å². The van der Waals surface area contributed by atoms with Crippen LogP contribution in [0.2, 0.25) is 0 Å². The molecular weight excluding hydrogens is 306 g/mol. The number of benzene rings is 1. The molecule has 0 amide bonds. The lowest BCUT2D eigenvalue weighted by molar-refractivity contribution is 0.336. The number of halogens is 1. The number of nitrogens with zero attached hydrogens (tertiary/aromatic N) is 1. The van der Waals surface area contributed by atoms with E-state index in [0.717, 1.165) is 27.2 Å². The predicted octanol–water partition coefficient (Wildman–Crippen LogP) is 3.45. The topological polar surface area (TPSA) is 60.2 Å². The highest BCUT2D eigenvalue weighted by Gasteiger charge is 2.05. The molecule has 4 nitrogen and oxygen atoms in total. The van der Waals surface area contributed by atoms with Gasteiger partial charge in [-0.2, -0.15) is 0 Å². The van der Waals surface area contributed by atoms with E-state index in [9.17, 15) is 0 Å². The molecule has 3 N–H and O–H groups in total. The fraction of sp³-hybridized carbons (Fsp3) is 0.214. The van der Waals surface area contributed by atoms with Crippen LogP contribution in [0, 0.1) is 0 Å². The zero-order valence-electron chi connectivity index (χ0n) is 10.7. The summed E-state index contributed by atoms with van der Waals surface area (Å²) in [4.78, 5) is 4.03. The van der Waals surface area contributed by atoms with Crippen LogP contribution in [0.5, 0.6) is 5.75 Å². The Morgan fingerprint density at radius 2 is 2.21 bits per heavy atom. The smallest absolute Gasteiger partial charge is 0.123 e. The average Bonchev–Trinajstić information content (AvgIpc) is 2.43. The van der Waals surface area contributed by atoms with Gasteiger partial charge in [-0.25, -0.2) is 0 Å². The van der Waals surface area contributed by atoms with Crippen molar-refractivity contribution in [2.75, 3.05) is 11.9 Å². The van der Waals surface area contributed by atoms with E-state index in [-0.39, 0.29) is 0 Å². The number of nitrogens with one attached hydrogen (secondary N) is 1. The molecule has 2 aromatic rings. The summed E-state index contributed by atoms with van der Waals surface area (Å²) in [7, 11) is 0. The molecule has 0 aliphatic rings. The van der Waals surface area contributed by atoms with Gasteiger partial charge in [-0.05, 0) is 47.1 Å². The molecule has 0 spiro atoms. The summed E-state index contributed by atoms with van der Waals surface area (Å²) in [5.41, 5.74) is 8.66. The van der Waals surface area contributed by atoms with Crippen LogP contribution in [0.25, 0.3) is 0 Å². The van der Waals surface area contributed by atoms with Crippen molar-refractivity contribution < 1.29 is 4.74 Å². The molecule has 1 heterocycles. The minimum Gasteiger partial charge on any atom is -0.494 e. The summed E-state index contributed by atoms with van der Waals surface area (Å²) in [6.45, 7) is 3.04. The molecule has 100 valence electrons. The van der Waals surface area contributed by atoms with E-state index in [2.05, 4.69) is 26.2 Å². The monoisotopic (exact) mass is 321 g/mol. The van der Waals surface area contributed by atoms with E-state index in [0.29, 0.717) is 13.2 Å². The molecule has 0 saturated carbocycles. The van der Waals surface area contributed by atoms with Crippen molar-refractivity contribution in [2.45, 2.75) is 13.5 Å². The Hall–Kier alpha value is -1.59. The molecule has 19 heavy (non-hydrogen) atoms. The third-order valence-electron chi connectivity index (χ3n) is 2.63. The standard InChI is InChI=1S/C14H16BrN3O/c1-2-19-14-4-3-11(7-10(14)8-16)18-13-5-6-17-9-12(13)15/h3-7,9H,2,8,16H2,1H3,(H,17,18). The summed E-state index contributed by atoms with van der Waals surface area (Å²) in [6, 6.07) is 7.81. The lowest BCUT2D eigenvalue weighted by Crippen LogP contribution is -2.03. The molecule has 0 aliphatic heterocycles. The molecule has 1 aromatic carbocycles. The second kappa shape index (κ2) is 6.54. The van der Waals surface area contributed by atoms with Gasteiger partial charge < -0.3 is 15.8 Å². The highest BCUT2D eigenvalue weighted by Crippen LogP contribution is 2.28. The van der Waals surface area contributed by atoms with Gasteiger partial charge in [0.1, 0.15) is 5.75 Å². The number of pyridine rings is 1. The minimum absolute atomic E-state index is 0.447. The quantitative estimate of drug-likeness (QED) is 0.885. The Labute approximate surface area is 121 Å². The summed E-state index contributed by atoms with van der Waals surface area (Å²) in [5.74, 6) is 0.837. The van der Waals surface area contributed by atoms with Gasteiger partial charge in [-0.3, -0.25) is 4.98 Å². The van der Waals surface area contributed by atoms with Crippen molar-refractivity contribution in [2.24, 2.45) is 5.73 Å². The van der Waals surface area contributed by atoms with Gasteiger partial charge in [0, 0.05) is 30.2 Å². The van der Waals surface area contributed by atoms with Gasteiger partial charge in [-0.15, -0.1) is 0 Å². The molecule has 0 radical (unpaired) electrons. The third-order valence-corrected chi connectivity index (χ3v) is 3.26. The number of ether oxygens (including phenoxy) is 1. The predicted molar refractivity (Wildman–Crippen MR) is 80.7 cm³/mol. The molecular formula is C14H16BrN3O. The molecule has 0 aliphatic carbocycles. The first-order valence-corrected chi connectivity index (χ1v) is 6.86. The normalized spacial score (nSPS) is 10.3. The van der Waals surface area contributed by atoms with Gasteiger partial charge in [0.15, 0.2) is 0 Å². The molecule has 0 unspecified atom stereocenters. The molecule has 0 atom stereocenters. The summed E-state index contributed by atoms with van der Waals surface area (Å²) in [6.07, 6.45) is 3.49. The second-order valence-corrected chi connectivity index (χ2v) is 4.79. The van der Waals surface area contributed by atoms with Crippen molar-refractivity contribution in [3.8, 4) is 5.75 Å². The molecule has 1 aromatic heterocycles. The minimum atomic E-state index is 0.447. The lowest BCUT2D eigenvalue weighted by Gasteiger charge is -2.13. The van der Waals surface area contributed by atoms with Crippen LogP contribution in [-0.2, 0) is 6.54 Å². The maximum absolute atomic E-state index is 5.75.